The molecule has 7 nitrogen and oxygen atoms in total. The molecule has 16 rings (SSSR count). The summed E-state index contributed by atoms with van der Waals surface area (Å²) in [5.41, 5.74) is 16.0. The van der Waals surface area contributed by atoms with E-state index in [9.17, 15) is 10.5 Å². The zero-order chi connectivity index (χ0) is 50.5. The average molecular weight is 995 g/mol. The number of anilines is 3. The number of allylic oxidation sites excluding steroid dienone is 3. The normalized spacial score (nSPS) is 20.0. The van der Waals surface area contributed by atoms with E-state index < -0.39 is 0 Å². The van der Waals surface area contributed by atoms with E-state index in [4.69, 9.17) is 4.42 Å². The van der Waals surface area contributed by atoms with Gasteiger partial charge in [0.15, 0.2) is 0 Å². The van der Waals surface area contributed by atoms with E-state index in [1.54, 1.807) is 0 Å². The standard InChI is InChI=1S/C68H46N6OS/c1-3-14-44-39(2)76-66-36-64-52(35-53(44)66)51-33-42(71-55-20-9-4-15-45(55)46-16-5-10-21-56(46)71)25-28-59(51)74(64)63-32-40(37-69)62(31-41(63)38-70)73-60-29-26-43(72-57-22-11-6-17-47(57)48-18-7-12-23-58(48)72)34-54(60)67-61(73)30-27-50-49-19-8-13-24-65(49)75-68(50)67/h3-32,34-36,42,52,61,64,67H,33H2,1-2H3/b14-3-. The van der Waals surface area contributed by atoms with E-state index in [0.717, 1.165) is 68.1 Å². The summed E-state index contributed by atoms with van der Waals surface area (Å²) in [6.45, 7) is 4.30. The van der Waals surface area contributed by atoms with Crippen molar-refractivity contribution in [1.29, 1.82) is 10.5 Å². The van der Waals surface area contributed by atoms with Crippen molar-refractivity contribution < 1.29 is 4.42 Å². The topological polar surface area (TPSA) is 77.1 Å². The van der Waals surface area contributed by atoms with Crippen LogP contribution in [0.4, 0.5) is 17.1 Å². The summed E-state index contributed by atoms with van der Waals surface area (Å²) in [5.74, 6) is 0.749. The average Bonchev–Trinajstić information content (AvgIpc) is 4.33. The van der Waals surface area contributed by atoms with Gasteiger partial charge in [-0.15, -0.1) is 11.3 Å². The Hall–Kier alpha value is -9.34. The number of aromatic nitrogens is 2. The van der Waals surface area contributed by atoms with Crippen LogP contribution in [0.2, 0.25) is 0 Å². The van der Waals surface area contributed by atoms with Gasteiger partial charge in [-0.2, -0.15) is 10.5 Å². The molecule has 360 valence electrons. The number of aryl methyl sites for hydroxylation is 1. The Bertz CT molecular complexity index is 4640. The number of nitriles is 2. The summed E-state index contributed by atoms with van der Waals surface area (Å²) in [4.78, 5) is 5.96. The number of fused-ring (bicyclic) bond motifs is 16. The van der Waals surface area contributed by atoms with Crippen LogP contribution in [0.1, 0.15) is 63.8 Å². The summed E-state index contributed by atoms with van der Waals surface area (Å²) in [6.07, 6.45) is 19.2. The fourth-order valence-corrected chi connectivity index (χ4v) is 15.1. The van der Waals surface area contributed by atoms with Crippen molar-refractivity contribution >= 4 is 107 Å². The molecule has 3 aliphatic carbocycles. The Labute approximate surface area is 442 Å². The number of thiophene rings is 1. The zero-order valence-electron chi connectivity index (χ0n) is 41.6. The van der Waals surface area contributed by atoms with Gasteiger partial charge in [0.05, 0.1) is 57.6 Å². The maximum atomic E-state index is 11.5. The molecule has 0 radical (unpaired) electrons. The van der Waals surface area contributed by atoms with E-state index in [1.807, 2.05) is 35.6 Å². The van der Waals surface area contributed by atoms with Crippen LogP contribution in [0.25, 0.3) is 84.6 Å². The monoisotopic (exact) mass is 994 g/mol. The zero-order valence-corrected chi connectivity index (χ0v) is 42.5. The van der Waals surface area contributed by atoms with Crippen molar-refractivity contribution in [3.63, 3.8) is 0 Å². The molecule has 11 aromatic rings. The van der Waals surface area contributed by atoms with Gasteiger partial charge in [0.1, 0.15) is 23.5 Å². The van der Waals surface area contributed by atoms with Crippen LogP contribution in [-0.2, 0) is 0 Å². The first-order valence-corrected chi connectivity index (χ1v) is 27.0. The second-order valence-corrected chi connectivity index (χ2v) is 22.1. The van der Waals surface area contributed by atoms with E-state index >= 15 is 0 Å². The van der Waals surface area contributed by atoms with Crippen molar-refractivity contribution in [2.45, 2.75) is 44.3 Å². The van der Waals surface area contributed by atoms with Crippen LogP contribution >= 0.6 is 11.3 Å². The quantitative estimate of drug-likeness (QED) is 0.172. The molecular formula is C68H46N6OS. The Morgan fingerprint density at radius 3 is 1.92 bits per heavy atom. The van der Waals surface area contributed by atoms with Gasteiger partial charge < -0.3 is 23.4 Å². The van der Waals surface area contributed by atoms with Crippen molar-refractivity contribution in [2.24, 2.45) is 5.92 Å². The third kappa shape index (κ3) is 5.85. The predicted molar refractivity (Wildman–Crippen MR) is 311 cm³/mol. The molecule has 5 unspecified atom stereocenters. The van der Waals surface area contributed by atoms with Gasteiger partial charge >= 0.3 is 0 Å². The van der Waals surface area contributed by atoms with Gasteiger partial charge in [0.2, 0.25) is 0 Å². The smallest absolute Gasteiger partial charge is 0.134 e. The lowest BCUT2D eigenvalue weighted by atomic mass is 9.84. The minimum Gasteiger partial charge on any atom is -0.460 e. The highest BCUT2D eigenvalue weighted by molar-refractivity contribution is 7.10. The van der Waals surface area contributed by atoms with Crippen molar-refractivity contribution in [1.82, 2.24) is 9.13 Å². The number of furan rings is 1. The molecule has 0 fully saturated rings. The molecule has 76 heavy (non-hydrogen) atoms. The van der Waals surface area contributed by atoms with Gasteiger partial charge in [0.25, 0.3) is 0 Å². The van der Waals surface area contributed by atoms with Crippen LogP contribution in [0, 0.1) is 35.5 Å². The second-order valence-electron chi connectivity index (χ2n) is 20.8. The molecular weight excluding hydrogens is 949 g/mol. The molecule has 0 N–H and O–H groups in total. The third-order valence-corrected chi connectivity index (χ3v) is 18.2. The first-order chi connectivity index (χ1) is 37.5. The lowest BCUT2D eigenvalue weighted by Gasteiger charge is -2.33. The second kappa shape index (κ2) is 16.1. The summed E-state index contributed by atoms with van der Waals surface area (Å²) >= 11 is 1.83. The summed E-state index contributed by atoms with van der Waals surface area (Å²) in [7, 11) is 0. The molecule has 0 saturated heterocycles. The third-order valence-electron chi connectivity index (χ3n) is 17.1. The summed E-state index contributed by atoms with van der Waals surface area (Å²) in [6, 6.07) is 58.8. The minimum atomic E-state index is -0.237. The largest absolute Gasteiger partial charge is 0.460 e. The molecule has 0 amide bonds. The van der Waals surface area contributed by atoms with Crippen molar-refractivity contribution in [3.8, 4) is 17.8 Å². The number of hydrogen-bond donors (Lipinski definition) is 0. The molecule has 5 aliphatic rings. The lowest BCUT2D eigenvalue weighted by Crippen LogP contribution is -2.39. The highest BCUT2D eigenvalue weighted by atomic mass is 32.1. The molecule has 4 aromatic heterocycles. The lowest BCUT2D eigenvalue weighted by molar-refractivity contribution is 0.505. The fraction of sp³-hybridized carbons (Fsp3) is 0.118. The van der Waals surface area contributed by atoms with Crippen LogP contribution in [-0.4, -0.2) is 21.2 Å². The van der Waals surface area contributed by atoms with Gasteiger partial charge in [-0.05, 0) is 115 Å². The van der Waals surface area contributed by atoms with Crippen LogP contribution < -0.4 is 19.6 Å². The van der Waals surface area contributed by atoms with Crippen LogP contribution in [0.5, 0.6) is 0 Å². The van der Waals surface area contributed by atoms with Gasteiger partial charge in [0, 0.05) is 75.9 Å². The minimum absolute atomic E-state index is 0.0399. The Kier molecular flexibility index (Phi) is 9.12. The van der Waals surface area contributed by atoms with Gasteiger partial charge in [-0.1, -0.05) is 127 Å². The Morgan fingerprint density at radius 1 is 0.632 bits per heavy atom. The predicted octanol–water partition coefficient (Wildman–Crippen LogP) is 15.0. The molecule has 2 aliphatic heterocycles. The number of benzene rings is 7. The Balaban J connectivity index is 0.873. The highest BCUT2D eigenvalue weighted by Gasteiger charge is 2.47. The molecule has 5 atom stereocenters. The molecule has 8 heteroatoms. The molecule has 6 heterocycles. The number of rotatable bonds is 5. The van der Waals surface area contributed by atoms with E-state index in [-0.39, 0.29) is 30.0 Å². The maximum Gasteiger partial charge on any atom is 0.134 e. The molecule has 7 aromatic carbocycles. The van der Waals surface area contributed by atoms with E-state index in [1.165, 1.54) is 58.3 Å². The van der Waals surface area contributed by atoms with Crippen LogP contribution in [0.15, 0.2) is 192 Å². The van der Waals surface area contributed by atoms with Crippen LogP contribution in [0.3, 0.4) is 0 Å². The number of hydrogen-bond acceptors (Lipinski definition) is 6. The fourth-order valence-electron chi connectivity index (χ4n) is 14.0. The number of para-hydroxylation sites is 5. The van der Waals surface area contributed by atoms with Gasteiger partial charge in [-0.3, -0.25) is 0 Å². The molecule has 0 bridgehead atoms. The van der Waals surface area contributed by atoms with E-state index in [2.05, 4.69) is 221 Å². The van der Waals surface area contributed by atoms with Crippen molar-refractivity contribution in [3.05, 3.63) is 235 Å². The first-order valence-electron chi connectivity index (χ1n) is 26.2. The van der Waals surface area contributed by atoms with Crippen molar-refractivity contribution in [2.75, 3.05) is 9.80 Å². The Morgan fingerprint density at radius 2 is 1.25 bits per heavy atom. The molecule has 0 saturated carbocycles. The molecule has 0 spiro atoms. The van der Waals surface area contributed by atoms with Gasteiger partial charge in [-0.25, -0.2) is 0 Å². The number of nitrogens with zero attached hydrogens (tertiary/aromatic N) is 6. The summed E-state index contributed by atoms with van der Waals surface area (Å²) < 4.78 is 13.0. The maximum absolute atomic E-state index is 11.5. The SMILES string of the molecule is C/C=C\c1c(C)sc2c1=CC1C3=C(C=CC(n4c5ccccc5c5ccccc54)C3)N(c3cc(C#N)c(N4c5ccc(-n6c7ccccc7c7ccccc76)cc5C5c6oc7ccccc7c6C=CC54)cc3C#N)C1C=2. The summed E-state index contributed by atoms with van der Waals surface area (Å²) in [5, 5.41) is 30.3. The van der Waals surface area contributed by atoms with E-state index in [0.29, 0.717) is 16.8 Å². The highest BCUT2D eigenvalue weighted by Crippen LogP contribution is 2.56. The first kappa shape index (κ1) is 43.1.